The summed E-state index contributed by atoms with van der Waals surface area (Å²) in [5.41, 5.74) is 6.64. The summed E-state index contributed by atoms with van der Waals surface area (Å²) in [5, 5.41) is 2.93. The maximum atomic E-state index is 11.9. The van der Waals surface area contributed by atoms with Gasteiger partial charge in [-0.25, -0.2) is 0 Å². The lowest BCUT2D eigenvalue weighted by Crippen LogP contribution is -2.40. The minimum atomic E-state index is 0.0575. The molecule has 0 bridgehead atoms. The van der Waals surface area contributed by atoms with Gasteiger partial charge >= 0.3 is 0 Å². The Morgan fingerprint density at radius 1 is 1.41 bits per heavy atom. The number of rotatable bonds is 4. The van der Waals surface area contributed by atoms with Crippen LogP contribution in [0.1, 0.15) is 25.7 Å². The smallest absolute Gasteiger partial charge is 0.225 e. The van der Waals surface area contributed by atoms with Crippen molar-refractivity contribution in [1.29, 1.82) is 0 Å². The first-order chi connectivity index (χ1) is 8.15. The maximum Gasteiger partial charge on any atom is 0.225 e. The third-order valence-electron chi connectivity index (χ3n) is 3.53. The van der Waals surface area contributed by atoms with E-state index in [-0.39, 0.29) is 11.3 Å². The number of anilines is 1. The highest BCUT2D eigenvalue weighted by Crippen LogP contribution is 2.43. The van der Waals surface area contributed by atoms with Gasteiger partial charge in [0.25, 0.3) is 0 Å². The van der Waals surface area contributed by atoms with Gasteiger partial charge in [0.05, 0.1) is 5.69 Å². The molecule has 3 nitrogen and oxygen atoms in total. The Kier molecular flexibility index (Phi) is 3.84. The van der Waals surface area contributed by atoms with Crippen LogP contribution >= 0.6 is 15.9 Å². The van der Waals surface area contributed by atoms with Gasteiger partial charge in [-0.3, -0.25) is 4.79 Å². The molecule has 1 aromatic rings. The van der Waals surface area contributed by atoms with E-state index in [0.29, 0.717) is 13.0 Å². The predicted molar refractivity (Wildman–Crippen MR) is 72.7 cm³/mol. The largest absolute Gasteiger partial charge is 0.330 e. The standard InChI is InChI=1S/C13H17BrN2O/c14-10-4-1-2-5-11(10)16-12(17)8-13(9-15)6-3-7-13/h1-2,4-5H,3,6-9,15H2,(H,16,17). The average Bonchev–Trinajstić information content (AvgIpc) is 2.27. The van der Waals surface area contributed by atoms with Gasteiger partial charge in [0.2, 0.25) is 5.91 Å². The van der Waals surface area contributed by atoms with Crippen LogP contribution < -0.4 is 11.1 Å². The second-order valence-electron chi connectivity index (χ2n) is 4.76. The first-order valence-corrected chi connectivity index (χ1v) is 6.69. The SMILES string of the molecule is NCC1(CC(=O)Nc2ccccc2Br)CCC1. The summed E-state index contributed by atoms with van der Waals surface area (Å²) < 4.78 is 0.906. The average molecular weight is 297 g/mol. The number of amides is 1. The Hall–Kier alpha value is -0.870. The number of hydrogen-bond acceptors (Lipinski definition) is 2. The molecule has 0 saturated heterocycles. The molecule has 0 aromatic heterocycles. The van der Waals surface area contributed by atoms with Gasteiger partial charge in [0.15, 0.2) is 0 Å². The van der Waals surface area contributed by atoms with E-state index in [0.717, 1.165) is 23.0 Å². The van der Waals surface area contributed by atoms with Crippen LogP contribution in [0.2, 0.25) is 0 Å². The molecular weight excluding hydrogens is 280 g/mol. The molecule has 2 rings (SSSR count). The zero-order chi connectivity index (χ0) is 12.3. The van der Waals surface area contributed by atoms with Gasteiger partial charge in [0, 0.05) is 10.9 Å². The van der Waals surface area contributed by atoms with Crippen molar-refractivity contribution in [2.75, 3.05) is 11.9 Å². The predicted octanol–water partition coefficient (Wildman–Crippen LogP) is 2.91. The minimum Gasteiger partial charge on any atom is -0.330 e. The number of nitrogens with one attached hydrogen (secondary N) is 1. The number of carbonyl (C=O) groups is 1. The lowest BCUT2D eigenvalue weighted by Gasteiger charge is -2.40. The third-order valence-corrected chi connectivity index (χ3v) is 4.22. The van der Waals surface area contributed by atoms with Crippen molar-refractivity contribution < 1.29 is 4.79 Å². The number of para-hydroxylation sites is 1. The molecule has 3 N–H and O–H groups in total. The lowest BCUT2D eigenvalue weighted by atomic mass is 9.66. The first-order valence-electron chi connectivity index (χ1n) is 5.90. The van der Waals surface area contributed by atoms with Crippen molar-refractivity contribution in [2.24, 2.45) is 11.1 Å². The summed E-state index contributed by atoms with van der Waals surface area (Å²) in [7, 11) is 0. The molecule has 1 fully saturated rings. The van der Waals surface area contributed by atoms with Crippen molar-refractivity contribution in [3.05, 3.63) is 28.7 Å². The van der Waals surface area contributed by atoms with Gasteiger partial charge in [-0.05, 0) is 52.9 Å². The number of nitrogens with two attached hydrogens (primary N) is 1. The zero-order valence-corrected chi connectivity index (χ0v) is 11.3. The molecule has 4 heteroatoms. The minimum absolute atomic E-state index is 0.0575. The van der Waals surface area contributed by atoms with E-state index in [9.17, 15) is 4.79 Å². The summed E-state index contributed by atoms with van der Waals surface area (Å²) in [5.74, 6) is 0.0575. The number of halogens is 1. The van der Waals surface area contributed by atoms with Gasteiger partial charge in [-0.15, -0.1) is 0 Å². The summed E-state index contributed by atoms with van der Waals surface area (Å²) in [4.78, 5) is 11.9. The first kappa shape index (κ1) is 12.6. The molecule has 1 saturated carbocycles. The molecule has 1 aliphatic rings. The Morgan fingerprint density at radius 2 is 2.12 bits per heavy atom. The van der Waals surface area contributed by atoms with Crippen LogP contribution in [0.15, 0.2) is 28.7 Å². The molecule has 0 aliphatic heterocycles. The number of carbonyl (C=O) groups excluding carboxylic acids is 1. The maximum absolute atomic E-state index is 11.9. The van der Waals surface area contributed by atoms with E-state index in [1.807, 2.05) is 24.3 Å². The molecule has 0 unspecified atom stereocenters. The highest BCUT2D eigenvalue weighted by Gasteiger charge is 2.37. The molecule has 0 atom stereocenters. The van der Waals surface area contributed by atoms with Crippen LogP contribution in [0.25, 0.3) is 0 Å². The third kappa shape index (κ3) is 2.87. The molecule has 1 aliphatic carbocycles. The van der Waals surface area contributed by atoms with Crippen LogP contribution in [0, 0.1) is 5.41 Å². The van der Waals surface area contributed by atoms with Gasteiger partial charge in [-0.2, -0.15) is 0 Å². The van der Waals surface area contributed by atoms with Crippen molar-refractivity contribution in [3.63, 3.8) is 0 Å². The fourth-order valence-electron chi connectivity index (χ4n) is 2.23. The number of benzene rings is 1. The molecule has 1 aromatic carbocycles. The molecule has 0 spiro atoms. The van der Waals surface area contributed by atoms with Crippen molar-refractivity contribution in [2.45, 2.75) is 25.7 Å². The second-order valence-corrected chi connectivity index (χ2v) is 5.62. The molecular formula is C13H17BrN2O. The van der Waals surface area contributed by atoms with E-state index in [2.05, 4.69) is 21.2 Å². The van der Waals surface area contributed by atoms with Gasteiger partial charge in [0.1, 0.15) is 0 Å². The summed E-state index contributed by atoms with van der Waals surface area (Å²) >= 11 is 3.41. The monoisotopic (exact) mass is 296 g/mol. The Bertz CT molecular complexity index is 410. The van der Waals surface area contributed by atoms with Gasteiger partial charge in [-0.1, -0.05) is 18.6 Å². The van der Waals surface area contributed by atoms with E-state index in [1.165, 1.54) is 6.42 Å². The van der Waals surface area contributed by atoms with Crippen molar-refractivity contribution in [1.82, 2.24) is 0 Å². The van der Waals surface area contributed by atoms with Crippen LogP contribution in [0.3, 0.4) is 0 Å². The van der Waals surface area contributed by atoms with Crippen molar-refractivity contribution >= 4 is 27.5 Å². The lowest BCUT2D eigenvalue weighted by molar-refractivity contribution is -0.119. The normalized spacial score (nSPS) is 17.3. The van der Waals surface area contributed by atoms with Crippen LogP contribution in [0.4, 0.5) is 5.69 Å². The Labute approximate surface area is 110 Å². The topological polar surface area (TPSA) is 55.1 Å². The summed E-state index contributed by atoms with van der Waals surface area (Å²) in [6.45, 7) is 0.608. The molecule has 1 amide bonds. The Morgan fingerprint density at radius 3 is 2.65 bits per heavy atom. The van der Waals surface area contributed by atoms with E-state index < -0.39 is 0 Å². The van der Waals surface area contributed by atoms with E-state index >= 15 is 0 Å². The number of hydrogen-bond donors (Lipinski definition) is 2. The summed E-state index contributed by atoms with van der Waals surface area (Å²) in [6.07, 6.45) is 3.88. The fraction of sp³-hybridized carbons (Fsp3) is 0.462. The fourth-order valence-corrected chi connectivity index (χ4v) is 2.61. The Balaban J connectivity index is 1.96. The molecule has 17 heavy (non-hydrogen) atoms. The van der Waals surface area contributed by atoms with Crippen LogP contribution in [0.5, 0.6) is 0 Å². The quantitative estimate of drug-likeness (QED) is 0.898. The van der Waals surface area contributed by atoms with Crippen LogP contribution in [-0.4, -0.2) is 12.5 Å². The van der Waals surface area contributed by atoms with E-state index in [4.69, 9.17) is 5.73 Å². The van der Waals surface area contributed by atoms with Crippen molar-refractivity contribution in [3.8, 4) is 0 Å². The highest BCUT2D eigenvalue weighted by atomic mass is 79.9. The molecule has 0 heterocycles. The van der Waals surface area contributed by atoms with Gasteiger partial charge < -0.3 is 11.1 Å². The second kappa shape index (κ2) is 5.19. The van der Waals surface area contributed by atoms with E-state index in [1.54, 1.807) is 0 Å². The highest BCUT2D eigenvalue weighted by molar-refractivity contribution is 9.10. The zero-order valence-electron chi connectivity index (χ0n) is 9.71. The molecule has 92 valence electrons. The summed E-state index contributed by atoms with van der Waals surface area (Å²) in [6, 6.07) is 7.63. The van der Waals surface area contributed by atoms with Crippen LogP contribution in [-0.2, 0) is 4.79 Å². The molecule has 0 radical (unpaired) electrons.